The summed E-state index contributed by atoms with van der Waals surface area (Å²) in [5.41, 5.74) is 1.95. The maximum atomic E-state index is 13.3. The Bertz CT molecular complexity index is 1160. The number of carboxylic acids is 1. The Morgan fingerprint density at radius 1 is 1.18 bits per heavy atom. The number of hydrogen-bond acceptors (Lipinski definition) is 5. The third-order valence-electron chi connectivity index (χ3n) is 5.08. The number of carboxylic acid groups (broad SMARTS) is 1. The van der Waals surface area contributed by atoms with E-state index in [1.54, 1.807) is 37.4 Å². The molecule has 0 bridgehead atoms. The van der Waals surface area contributed by atoms with E-state index in [0.717, 1.165) is 12.0 Å². The van der Waals surface area contributed by atoms with Crippen molar-refractivity contribution in [1.29, 1.82) is 0 Å². The summed E-state index contributed by atoms with van der Waals surface area (Å²) in [6, 6.07) is 11.7. The predicted octanol–water partition coefficient (Wildman–Crippen LogP) is 2.23. The maximum Gasteiger partial charge on any atom is 0.335 e. The van der Waals surface area contributed by atoms with E-state index < -0.39 is 16.0 Å². The van der Waals surface area contributed by atoms with Crippen LogP contribution in [-0.4, -0.2) is 51.9 Å². The highest BCUT2D eigenvalue weighted by atomic mass is 32.2. The lowest BCUT2D eigenvalue weighted by Gasteiger charge is -2.32. The number of hydrogen-bond donors (Lipinski definition) is 1. The molecule has 0 aliphatic carbocycles. The van der Waals surface area contributed by atoms with E-state index in [2.05, 4.69) is 10.2 Å². The lowest BCUT2D eigenvalue weighted by Crippen LogP contribution is -2.39. The van der Waals surface area contributed by atoms with Crippen LogP contribution in [0, 0.1) is 0 Å². The SMILES string of the molecule is Cn1nc2cccc(S(=O)(=O)N3CCC[C@H](c4cccc(C(=O)O)c4)C3)c2n1. The van der Waals surface area contributed by atoms with Gasteiger partial charge < -0.3 is 5.11 Å². The topological polar surface area (TPSA) is 105 Å². The molecule has 1 saturated heterocycles. The van der Waals surface area contributed by atoms with E-state index in [-0.39, 0.29) is 16.4 Å². The molecule has 9 heteroatoms. The van der Waals surface area contributed by atoms with E-state index in [1.165, 1.54) is 15.2 Å². The standard InChI is InChI=1S/C19H20N4O4S/c1-22-20-16-8-3-9-17(18(16)21-22)28(26,27)23-10-4-7-15(12-23)13-5-2-6-14(11-13)19(24)25/h2-3,5-6,8-9,11,15H,4,7,10,12H2,1H3,(H,24,25)/t15-/m0/s1. The van der Waals surface area contributed by atoms with Gasteiger partial charge in [0.2, 0.25) is 10.0 Å². The molecule has 0 unspecified atom stereocenters. The largest absolute Gasteiger partial charge is 0.478 e. The minimum atomic E-state index is -3.74. The van der Waals surface area contributed by atoms with E-state index in [1.807, 2.05) is 6.07 Å². The number of benzene rings is 2. The molecular formula is C19H20N4O4S. The van der Waals surface area contributed by atoms with Gasteiger partial charge in [-0.05, 0) is 48.6 Å². The Kier molecular flexibility index (Phi) is 4.64. The summed E-state index contributed by atoms with van der Waals surface area (Å²) in [5, 5.41) is 17.6. The third-order valence-corrected chi connectivity index (χ3v) is 6.98. The molecule has 146 valence electrons. The van der Waals surface area contributed by atoms with Crippen LogP contribution in [0.4, 0.5) is 0 Å². The summed E-state index contributed by atoms with van der Waals surface area (Å²) in [6.07, 6.45) is 1.52. The van der Waals surface area contributed by atoms with E-state index >= 15 is 0 Å². The van der Waals surface area contributed by atoms with Crippen molar-refractivity contribution in [2.45, 2.75) is 23.7 Å². The van der Waals surface area contributed by atoms with Crippen LogP contribution in [0.15, 0.2) is 47.4 Å². The van der Waals surface area contributed by atoms with Crippen molar-refractivity contribution in [2.75, 3.05) is 13.1 Å². The molecule has 1 N–H and O–H groups in total. The van der Waals surface area contributed by atoms with Crippen LogP contribution >= 0.6 is 0 Å². The molecule has 1 atom stereocenters. The molecule has 2 heterocycles. The molecule has 0 spiro atoms. The smallest absolute Gasteiger partial charge is 0.335 e. The van der Waals surface area contributed by atoms with Gasteiger partial charge in [0, 0.05) is 20.1 Å². The first-order valence-corrected chi connectivity index (χ1v) is 10.4. The molecular weight excluding hydrogens is 380 g/mol. The molecule has 1 fully saturated rings. The van der Waals surface area contributed by atoms with Gasteiger partial charge in [-0.15, -0.1) is 0 Å². The van der Waals surface area contributed by atoms with Crippen molar-refractivity contribution in [1.82, 2.24) is 19.3 Å². The maximum absolute atomic E-state index is 13.3. The Labute approximate surface area is 162 Å². The monoisotopic (exact) mass is 400 g/mol. The number of aryl methyl sites for hydroxylation is 1. The van der Waals surface area contributed by atoms with Crippen LogP contribution in [0.1, 0.15) is 34.7 Å². The number of carbonyl (C=O) groups is 1. The van der Waals surface area contributed by atoms with Crippen molar-refractivity contribution >= 4 is 27.0 Å². The lowest BCUT2D eigenvalue weighted by molar-refractivity contribution is 0.0696. The minimum absolute atomic E-state index is 0.0520. The minimum Gasteiger partial charge on any atom is -0.478 e. The zero-order valence-corrected chi connectivity index (χ0v) is 16.1. The molecule has 8 nitrogen and oxygen atoms in total. The second-order valence-electron chi connectivity index (χ2n) is 6.95. The van der Waals surface area contributed by atoms with Gasteiger partial charge in [0.25, 0.3) is 0 Å². The van der Waals surface area contributed by atoms with E-state index in [4.69, 9.17) is 0 Å². The molecule has 2 aromatic carbocycles. The first-order valence-electron chi connectivity index (χ1n) is 9.00. The van der Waals surface area contributed by atoms with Crippen LogP contribution in [0.2, 0.25) is 0 Å². The molecule has 0 radical (unpaired) electrons. The highest BCUT2D eigenvalue weighted by Crippen LogP contribution is 2.32. The van der Waals surface area contributed by atoms with Crippen LogP contribution in [0.3, 0.4) is 0 Å². The van der Waals surface area contributed by atoms with Crippen molar-refractivity contribution < 1.29 is 18.3 Å². The number of aromatic carboxylic acids is 1. The predicted molar refractivity (Wildman–Crippen MR) is 103 cm³/mol. The third kappa shape index (κ3) is 3.27. The van der Waals surface area contributed by atoms with Crippen molar-refractivity contribution in [3.8, 4) is 0 Å². The molecule has 3 aromatic rings. The molecule has 1 aliphatic heterocycles. The number of sulfonamides is 1. The first kappa shape index (κ1) is 18.6. The molecule has 0 saturated carbocycles. The van der Waals surface area contributed by atoms with Gasteiger partial charge in [0.15, 0.2) is 0 Å². The Balaban J connectivity index is 1.67. The number of rotatable bonds is 4. The Morgan fingerprint density at radius 2 is 1.96 bits per heavy atom. The molecule has 1 aromatic heterocycles. The first-order chi connectivity index (χ1) is 13.4. The van der Waals surface area contributed by atoms with Gasteiger partial charge in [-0.2, -0.15) is 19.3 Å². The summed E-state index contributed by atoms with van der Waals surface area (Å²) in [5.74, 6) is -1.04. The number of fused-ring (bicyclic) bond motifs is 1. The Hall–Kier alpha value is -2.78. The summed E-state index contributed by atoms with van der Waals surface area (Å²) in [7, 11) is -2.09. The number of piperidine rings is 1. The van der Waals surface area contributed by atoms with Gasteiger partial charge >= 0.3 is 5.97 Å². The normalized spacial score (nSPS) is 18.4. The summed E-state index contributed by atoms with van der Waals surface area (Å²) in [4.78, 5) is 12.8. The van der Waals surface area contributed by atoms with Crippen molar-refractivity contribution in [2.24, 2.45) is 7.05 Å². The van der Waals surface area contributed by atoms with Crippen LogP contribution < -0.4 is 0 Å². The zero-order valence-electron chi connectivity index (χ0n) is 15.3. The highest BCUT2D eigenvalue weighted by molar-refractivity contribution is 7.89. The number of nitrogens with zero attached hydrogens (tertiary/aromatic N) is 4. The summed E-state index contributed by atoms with van der Waals surface area (Å²) in [6.45, 7) is 0.732. The van der Waals surface area contributed by atoms with Gasteiger partial charge in [-0.25, -0.2) is 13.2 Å². The van der Waals surface area contributed by atoms with Crippen LogP contribution in [-0.2, 0) is 17.1 Å². The van der Waals surface area contributed by atoms with Crippen molar-refractivity contribution in [3.63, 3.8) is 0 Å². The second kappa shape index (κ2) is 6.99. The summed E-state index contributed by atoms with van der Waals surface area (Å²) < 4.78 is 28.1. The van der Waals surface area contributed by atoms with Crippen LogP contribution in [0.25, 0.3) is 11.0 Å². The number of aromatic nitrogens is 3. The fourth-order valence-electron chi connectivity index (χ4n) is 3.72. The molecule has 0 amide bonds. The quantitative estimate of drug-likeness (QED) is 0.720. The van der Waals surface area contributed by atoms with E-state index in [0.29, 0.717) is 30.5 Å². The van der Waals surface area contributed by atoms with Gasteiger partial charge in [0.05, 0.1) is 5.56 Å². The van der Waals surface area contributed by atoms with Crippen LogP contribution in [0.5, 0.6) is 0 Å². The average molecular weight is 400 g/mol. The van der Waals surface area contributed by atoms with E-state index in [9.17, 15) is 18.3 Å². The van der Waals surface area contributed by atoms with Gasteiger partial charge in [-0.3, -0.25) is 0 Å². The zero-order chi connectivity index (χ0) is 19.9. The fraction of sp³-hybridized carbons (Fsp3) is 0.316. The average Bonchev–Trinajstić information content (AvgIpc) is 3.08. The Morgan fingerprint density at radius 3 is 2.75 bits per heavy atom. The molecule has 28 heavy (non-hydrogen) atoms. The second-order valence-corrected chi connectivity index (χ2v) is 8.85. The summed E-state index contributed by atoms with van der Waals surface area (Å²) >= 11 is 0. The fourth-order valence-corrected chi connectivity index (χ4v) is 5.38. The lowest BCUT2D eigenvalue weighted by atomic mass is 9.91. The van der Waals surface area contributed by atoms with Crippen molar-refractivity contribution in [3.05, 3.63) is 53.6 Å². The van der Waals surface area contributed by atoms with Gasteiger partial charge in [0.1, 0.15) is 15.9 Å². The molecule has 4 rings (SSSR count). The highest BCUT2D eigenvalue weighted by Gasteiger charge is 2.33. The molecule has 1 aliphatic rings. The van der Waals surface area contributed by atoms with Gasteiger partial charge in [-0.1, -0.05) is 18.2 Å².